The molecule has 0 spiro atoms. The first-order valence-corrected chi connectivity index (χ1v) is 6.02. The van der Waals surface area contributed by atoms with Crippen LogP contribution in [0.1, 0.15) is 11.1 Å². The maximum Gasteiger partial charge on any atom is 0.269 e. The van der Waals surface area contributed by atoms with E-state index in [1.165, 1.54) is 10.7 Å². The molecule has 100 valence electrons. The van der Waals surface area contributed by atoms with Gasteiger partial charge in [-0.3, -0.25) is 4.79 Å². The Morgan fingerprint density at radius 2 is 2.16 bits per heavy atom. The van der Waals surface area contributed by atoms with Crippen LogP contribution in [0.4, 0.5) is 5.69 Å². The molecule has 0 amide bonds. The third-order valence-corrected chi connectivity index (χ3v) is 2.91. The van der Waals surface area contributed by atoms with Crippen LogP contribution in [0.15, 0.2) is 35.3 Å². The Morgan fingerprint density at radius 3 is 2.79 bits per heavy atom. The van der Waals surface area contributed by atoms with Crippen molar-refractivity contribution in [1.29, 1.82) is 0 Å². The number of aryl methyl sites for hydroxylation is 1. The van der Waals surface area contributed by atoms with Crippen molar-refractivity contribution in [3.63, 3.8) is 0 Å². The molecule has 1 N–H and O–H groups in total. The number of ether oxygens (including phenoxy) is 1. The van der Waals surface area contributed by atoms with Gasteiger partial charge in [-0.25, -0.2) is 4.68 Å². The number of aromatic nitrogens is 2. The van der Waals surface area contributed by atoms with Crippen LogP contribution >= 0.6 is 0 Å². The number of rotatable bonds is 4. The van der Waals surface area contributed by atoms with Gasteiger partial charge in [0, 0.05) is 18.7 Å². The lowest BCUT2D eigenvalue weighted by atomic mass is 10.1. The van der Waals surface area contributed by atoms with Crippen LogP contribution in [0.5, 0.6) is 5.75 Å². The molecule has 2 rings (SSSR count). The summed E-state index contributed by atoms with van der Waals surface area (Å²) >= 11 is 0. The van der Waals surface area contributed by atoms with Crippen molar-refractivity contribution in [2.75, 3.05) is 19.5 Å². The smallest absolute Gasteiger partial charge is 0.269 e. The first kappa shape index (κ1) is 13.1. The Morgan fingerprint density at radius 1 is 1.37 bits per heavy atom. The van der Waals surface area contributed by atoms with Gasteiger partial charge in [0.1, 0.15) is 5.75 Å². The van der Waals surface area contributed by atoms with Gasteiger partial charge in [0.25, 0.3) is 5.56 Å². The van der Waals surface area contributed by atoms with E-state index in [2.05, 4.69) is 10.4 Å². The largest absolute Gasteiger partial charge is 0.496 e. The van der Waals surface area contributed by atoms with Gasteiger partial charge in [-0.05, 0) is 13.0 Å². The number of hydrogen-bond donors (Lipinski definition) is 1. The number of methoxy groups -OCH3 is 1. The highest BCUT2D eigenvalue weighted by molar-refractivity contribution is 5.39. The van der Waals surface area contributed by atoms with Gasteiger partial charge < -0.3 is 10.1 Å². The number of benzene rings is 1. The molecule has 1 heterocycles. The minimum absolute atomic E-state index is 0.143. The molecular formula is C14H17N3O2. The zero-order chi connectivity index (χ0) is 13.8. The predicted octanol–water partition coefficient (Wildman–Crippen LogP) is 1.65. The molecule has 0 saturated heterocycles. The number of anilines is 1. The average Bonchev–Trinajstić information content (AvgIpc) is 2.41. The Balaban J connectivity index is 2.36. The van der Waals surface area contributed by atoms with Crippen molar-refractivity contribution < 1.29 is 4.74 Å². The van der Waals surface area contributed by atoms with E-state index in [4.69, 9.17) is 4.74 Å². The van der Waals surface area contributed by atoms with Crippen molar-refractivity contribution in [1.82, 2.24) is 9.78 Å². The summed E-state index contributed by atoms with van der Waals surface area (Å²) in [6, 6.07) is 7.40. The van der Waals surface area contributed by atoms with Crippen molar-refractivity contribution in [3.8, 4) is 5.75 Å². The Hall–Kier alpha value is -2.30. The summed E-state index contributed by atoms with van der Waals surface area (Å²) in [5, 5.41) is 7.03. The average molecular weight is 259 g/mol. The third kappa shape index (κ3) is 2.93. The lowest BCUT2D eigenvalue weighted by molar-refractivity contribution is 0.406. The van der Waals surface area contributed by atoms with Crippen LogP contribution in [0, 0.1) is 6.92 Å². The predicted molar refractivity (Wildman–Crippen MR) is 74.9 cm³/mol. The van der Waals surface area contributed by atoms with Crippen LogP contribution in [-0.2, 0) is 6.54 Å². The number of hydrogen-bond acceptors (Lipinski definition) is 4. The molecule has 1 aromatic heterocycles. The third-order valence-electron chi connectivity index (χ3n) is 2.91. The minimum atomic E-state index is -0.143. The second-order valence-electron chi connectivity index (χ2n) is 4.31. The molecule has 0 bridgehead atoms. The van der Waals surface area contributed by atoms with E-state index < -0.39 is 0 Å². The fraction of sp³-hybridized carbons (Fsp3) is 0.286. The second kappa shape index (κ2) is 5.56. The summed E-state index contributed by atoms with van der Waals surface area (Å²) in [4.78, 5) is 11.9. The van der Waals surface area contributed by atoms with E-state index in [9.17, 15) is 4.79 Å². The first-order valence-electron chi connectivity index (χ1n) is 6.02. The van der Waals surface area contributed by atoms with Crippen molar-refractivity contribution in [2.45, 2.75) is 13.5 Å². The Kier molecular flexibility index (Phi) is 3.85. The highest BCUT2D eigenvalue weighted by atomic mass is 16.5. The van der Waals surface area contributed by atoms with Gasteiger partial charge in [0.2, 0.25) is 0 Å². The zero-order valence-electron chi connectivity index (χ0n) is 11.3. The molecule has 19 heavy (non-hydrogen) atoms. The molecule has 0 atom stereocenters. The summed E-state index contributed by atoms with van der Waals surface area (Å²) in [7, 11) is 3.37. The maximum atomic E-state index is 11.9. The van der Waals surface area contributed by atoms with Gasteiger partial charge in [0.15, 0.2) is 0 Å². The fourth-order valence-corrected chi connectivity index (χ4v) is 1.88. The molecule has 0 unspecified atom stereocenters. The zero-order valence-corrected chi connectivity index (χ0v) is 11.3. The van der Waals surface area contributed by atoms with E-state index in [0.717, 1.165) is 16.9 Å². The van der Waals surface area contributed by atoms with Gasteiger partial charge in [-0.1, -0.05) is 17.7 Å². The first-order chi connectivity index (χ1) is 9.13. The van der Waals surface area contributed by atoms with Gasteiger partial charge in [-0.2, -0.15) is 5.10 Å². The van der Waals surface area contributed by atoms with Crippen molar-refractivity contribution >= 4 is 5.69 Å². The Labute approximate surface area is 111 Å². The van der Waals surface area contributed by atoms with Gasteiger partial charge in [-0.15, -0.1) is 0 Å². The quantitative estimate of drug-likeness (QED) is 0.907. The van der Waals surface area contributed by atoms with E-state index in [0.29, 0.717) is 12.2 Å². The van der Waals surface area contributed by atoms with Crippen molar-refractivity contribution in [2.24, 2.45) is 0 Å². The molecule has 1 aromatic carbocycles. The molecular weight excluding hydrogens is 242 g/mol. The summed E-state index contributed by atoms with van der Waals surface area (Å²) in [6.45, 7) is 2.40. The molecule has 5 nitrogen and oxygen atoms in total. The molecule has 5 heteroatoms. The molecule has 2 aromatic rings. The van der Waals surface area contributed by atoms with Crippen LogP contribution in [0.25, 0.3) is 0 Å². The molecule has 0 radical (unpaired) electrons. The lowest BCUT2D eigenvalue weighted by Crippen LogP contribution is -2.23. The Bertz CT molecular complexity index is 635. The SMILES string of the molecule is CNc1cnn(Cc2cc(C)ccc2OC)c(=O)c1. The highest BCUT2D eigenvalue weighted by Gasteiger charge is 2.06. The van der Waals surface area contributed by atoms with Crippen LogP contribution in [0.2, 0.25) is 0 Å². The number of nitrogens with one attached hydrogen (secondary N) is 1. The summed E-state index contributed by atoms with van der Waals surface area (Å²) < 4.78 is 6.72. The van der Waals surface area contributed by atoms with Crippen molar-refractivity contribution in [3.05, 3.63) is 51.9 Å². The van der Waals surface area contributed by atoms with Crippen LogP contribution in [-0.4, -0.2) is 23.9 Å². The topological polar surface area (TPSA) is 56.1 Å². The summed E-state index contributed by atoms with van der Waals surface area (Å²) in [5.74, 6) is 0.761. The molecule has 0 aliphatic heterocycles. The second-order valence-corrected chi connectivity index (χ2v) is 4.31. The van der Waals surface area contributed by atoms with Gasteiger partial charge >= 0.3 is 0 Å². The monoisotopic (exact) mass is 259 g/mol. The maximum absolute atomic E-state index is 11.9. The molecule has 0 aliphatic carbocycles. The normalized spacial score (nSPS) is 10.3. The standard InChI is InChI=1S/C14H17N3O2/c1-10-4-5-13(19-3)11(6-10)9-17-14(18)7-12(15-2)8-16-17/h4-8,15H,9H2,1-3H3. The van der Waals surface area contributed by atoms with Gasteiger partial charge in [0.05, 0.1) is 25.5 Å². The van der Waals surface area contributed by atoms with E-state index in [1.54, 1.807) is 20.4 Å². The highest BCUT2D eigenvalue weighted by Crippen LogP contribution is 2.20. The summed E-state index contributed by atoms with van der Waals surface area (Å²) in [6.07, 6.45) is 1.63. The van der Waals surface area contributed by atoms with Crippen LogP contribution < -0.4 is 15.6 Å². The van der Waals surface area contributed by atoms with Crippen LogP contribution in [0.3, 0.4) is 0 Å². The van der Waals surface area contributed by atoms with E-state index in [-0.39, 0.29) is 5.56 Å². The fourth-order valence-electron chi connectivity index (χ4n) is 1.88. The molecule has 0 aliphatic rings. The molecule has 0 saturated carbocycles. The summed E-state index contributed by atoms with van der Waals surface area (Å²) in [5.41, 5.74) is 2.62. The van der Waals surface area contributed by atoms with E-state index >= 15 is 0 Å². The minimum Gasteiger partial charge on any atom is -0.496 e. The lowest BCUT2D eigenvalue weighted by Gasteiger charge is -2.10. The van der Waals surface area contributed by atoms with E-state index in [1.807, 2.05) is 25.1 Å². The number of nitrogens with zero attached hydrogens (tertiary/aromatic N) is 2. The molecule has 0 fully saturated rings.